The van der Waals surface area contributed by atoms with Crippen LogP contribution in [-0.4, -0.2) is 37.5 Å². The van der Waals surface area contributed by atoms with E-state index in [9.17, 15) is 13.2 Å². The van der Waals surface area contributed by atoms with Crippen LogP contribution in [0, 0.1) is 6.92 Å². The van der Waals surface area contributed by atoms with E-state index in [4.69, 9.17) is 0 Å². The number of hydrogen-bond acceptors (Lipinski definition) is 4. The zero-order valence-corrected chi connectivity index (χ0v) is 17.0. The van der Waals surface area contributed by atoms with E-state index in [0.717, 1.165) is 17.1 Å². The molecule has 0 saturated carbocycles. The summed E-state index contributed by atoms with van der Waals surface area (Å²) < 4.78 is 30.0. The minimum absolute atomic E-state index is 0.0380. The lowest BCUT2D eigenvalue weighted by atomic mass is 9.77. The highest BCUT2D eigenvalue weighted by atomic mass is 32.2. The van der Waals surface area contributed by atoms with Crippen molar-refractivity contribution in [2.75, 3.05) is 18.5 Å². The number of amides is 1. The molecule has 3 rings (SSSR count). The number of benzene rings is 1. The second-order valence-electron chi connectivity index (χ2n) is 7.61. The predicted molar refractivity (Wildman–Crippen MR) is 104 cm³/mol. The van der Waals surface area contributed by atoms with E-state index < -0.39 is 15.4 Å². The molecule has 1 aliphatic heterocycles. The van der Waals surface area contributed by atoms with Crippen LogP contribution in [0.25, 0.3) is 0 Å². The normalized spacial score (nSPS) is 16.4. The van der Waals surface area contributed by atoms with E-state index in [1.165, 1.54) is 0 Å². The summed E-state index contributed by atoms with van der Waals surface area (Å²) in [6, 6.07) is 4.98. The Morgan fingerprint density at radius 2 is 2.04 bits per heavy atom. The third-order valence-corrected chi connectivity index (χ3v) is 6.59. The maximum Gasteiger partial charge on any atom is 0.240 e. The van der Waals surface area contributed by atoms with Gasteiger partial charge in [-0.05, 0) is 37.1 Å². The van der Waals surface area contributed by atoms with E-state index in [0.29, 0.717) is 25.9 Å². The van der Waals surface area contributed by atoms with Gasteiger partial charge in [0.2, 0.25) is 15.9 Å². The zero-order valence-electron chi connectivity index (χ0n) is 16.2. The van der Waals surface area contributed by atoms with Gasteiger partial charge in [-0.15, -0.1) is 0 Å². The molecule has 2 aromatic rings. The zero-order chi connectivity index (χ0) is 19.8. The summed E-state index contributed by atoms with van der Waals surface area (Å²) in [6.07, 6.45) is 4.64. The van der Waals surface area contributed by atoms with Crippen LogP contribution in [0.5, 0.6) is 0 Å². The van der Waals surface area contributed by atoms with Crippen molar-refractivity contribution in [2.45, 2.75) is 50.5 Å². The molecule has 146 valence electrons. The lowest BCUT2D eigenvalue weighted by molar-refractivity contribution is -0.119. The van der Waals surface area contributed by atoms with E-state index in [1.54, 1.807) is 36.3 Å². The molecule has 0 spiro atoms. The molecule has 1 aromatic heterocycles. The van der Waals surface area contributed by atoms with Crippen molar-refractivity contribution in [1.29, 1.82) is 0 Å². The minimum atomic E-state index is -3.60. The van der Waals surface area contributed by atoms with Crippen molar-refractivity contribution >= 4 is 21.6 Å². The van der Waals surface area contributed by atoms with Gasteiger partial charge in [-0.3, -0.25) is 4.79 Å². The van der Waals surface area contributed by atoms with Crippen LogP contribution in [0.3, 0.4) is 0 Å². The number of aryl methyl sites for hydroxylation is 2. The summed E-state index contributed by atoms with van der Waals surface area (Å²) in [6.45, 7) is 6.90. The molecule has 0 fully saturated rings. The number of carbonyl (C=O) groups excluding carboxylic acids is 1. The van der Waals surface area contributed by atoms with Crippen LogP contribution in [0.1, 0.15) is 38.1 Å². The van der Waals surface area contributed by atoms with Gasteiger partial charge in [-0.2, -0.15) is 0 Å². The molecule has 0 aliphatic carbocycles. The Morgan fingerprint density at radius 3 is 2.70 bits per heavy atom. The Morgan fingerprint density at radius 1 is 1.30 bits per heavy atom. The van der Waals surface area contributed by atoms with Gasteiger partial charge in [-0.25, -0.2) is 18.1 Å². The molecule has 7 nitrogen and oxygen atoms in total. The van der Waals surface area contributed by atoms with Gasteiger partial charge < -0.3 is 9.47 Å². The maximum atomic E-state index is 12.7. The molecule has 1 aliphatic rings. The maximum absolute atomic E-state index is 12.7. The van der Waals surface area contributed by atoms with E-state index in [1.807, 2.05) is 31.5 Å². The van der Waals surface area contributed by atoms with Gasteiger partial charge in [0.05, 0.1) is 4.90 Å². The largest absolute Gasteiger partial charge is 0.335 e. The molecule has 1 N–H and O–H groups in total. The third kappa shape index (κ3) is 3.91. The summed E-state index contributed by atoms with van der Waals surface area (Å²) in [7, 11) is -1.88. The average Bonchev–Trinajstić information content (AvgIpc) is 3.01. The smallest absolute Gasteiger partial charge is 0.240 e. The van der Waals surface area contributed by atoms with Gasteiger partial charge >= 0.3 is 0 Å². The second kappa shape index (κ2) is 7.09. The van der Waals surface area contributed by atoms with Crippen LogP contribution in [0.15, 0.2) is 35.5 Å². The summed E-state index contributed by atoms with van der Waals surface area (Å²) in [4.78, 5) is 18.1. The van der Waals surface area contributed by atoms with Gasteiger partial charge in [0, 0.05) is 50.1 Å². The summed E-state index contributed by atoms with van der Waals surface area (Å²) in [5.74, 6) is 0.949. The number of anilines is 1. The highest BCUT2D eigenvalue weighted by Crippen LogP contribution is 2.40. The molecular formula is C19H26N4O3S. The molecule has 0 atom stereocenters. The third-order valence-electron chi connectivity index (χ3n) is 5.13. The first-order chi connectivity index (χ1) is 12.6. The molecule has 0 bridgehead atoms. The first-order valence-electron chi connectivity index (χ1n) is 9.00. The van der Waals surface area contributed by atoms with Crippen LogP contribution < -0.4 is 9.62 Å². The fraction of sp³-hybridized carbons (Fsp3) is 0.474. The van der Waals surface area contributed by atoms with Crippen LogP contribution in [0.4, 0.5) is 5.69 Å². The molecule has 0 radical (unpaired) electrons. The van der Waals surface area contributed by atoms with Gasteiger partial charge in [0.1, 0.15) is 5.82 Å². The molecule has 1 aromatic carbocycles. The summed E-state index contributed by atoms with van der Waals surface area (Å²) >= 11 is 0. The van der Waals surface area contributed by atoms with E-state index in [-0.39, 0.29) is 10.8 Å². The lowest BCUT2D eigenvalue weighted by Crippen LogP contribution is -2.39. The number of carbonyl (C=O) groups is 1. The monoisotopic (exact) mass is 390 g/mol. The van der Waals surface area contributed by atoms with E-state index >= 15 is 0 Å². The quantitative estimate of drug-likeness (QED) is 0.767. The van der Waals surface area contributed by atoms with Crippen LogP contribution in [-0.2, 0) is 26.8 Å². The van der Waals surface area contributed by atoms with Crippen molar-refractivity contribution in [3.05, 3.63) is 42.0 Å². The predicted octanol–water partition coefficient (Wildman–Crippen LogP) is 2.20. The topological polar surface area (TPSA) is 84.3 Å². The van der Waals surface area contributed by atoms with Crippen molar-refractivity contribution in [2.24, 2.45) is 0 Å². The highest BCUT2D eigenvalue weighted by Gasteiger charge is 2.36. The number of aromatic nitrogens is 2. The van der Waals surface area contributed by atoms with Crippen LogP contribution >= 0.6 is 0 Å². The number of nitrogens with zero attached hydrogens (tertiary/aromatic N) is 3. The number of hydrogen-bond donors (Lipinski definition) is 1. The van der Waals surface area contributed by atoms with Crippen molar-refractivity contribution in [1.82, 2.24) is 14.3 Å². The van der Waals surface area contributed by atoms with Gasteiger partial charge in [-0.1, -0.05) is 13.8 Å². The SMILES string of the molecule is Cc1nccn1CCCNS(=O)(=O)c1ccc2c(c1)C(C)(C)CC(=O)N2C. The number of imidazole rings is 1. The Hall–Kier alpha value is -2.19. The molecular weight excluding hydrogens is 364 g/mol. The number of fused-ring (bicyclic) bond motifs is 1. The number of rotatable bonds is 6. The Bertz CT molecular complexity index is 963. The fourth-order valence-electron chi connectivity index (χ4n) is 3.42. The van der Waals surface area contributed by atoms with E-state index in [2.05, 4.69) is 9.71 Å². The number of sulfonamides is 1. The first-order valence-corrected chi connectivity index (χ1v) is 10.5. The minimum Gasteiger partial charge on any atom is -0.335 e. The molecule has 8 heteroatoms. The van der Waals surface area contributed by atoms with Crippen molar-refractivity contribution in [3.63, 3.8) is 0 Å². The Labute approximate surface area is 160 Å². The molecule has 0 unspecified atom stereocenters. The average molecular weight is 391 g/mol. The lowest BCUT2D eigenvalue weighted by Gasteiger charge is -2.37. The van der Waals surface area contributed by atoms with Crippen molar-refractivity contribution < 1.29 is 13.2 Å². The van der Waals surface area contributed by atoms with Crippen LogP contribution in [0.2, 0.25) is 0 Å². The summed E-state index contributed by atoms with van der Waals surface area (Å²) in [5.41, 5.74) is 1.25. The molecule has 27 heavy (non-hydrogen) atoms. The fourth-order valence-corrected chi connectivity index (χ4v) is 4.52. The Kier molecular flexibility index (Phi) is 5.14. The van der Waals surface area contributed by atoms with Gasteiger partial charge in [0.15, 0.2) is 0 Å². The van der Waals surface area contributed by atoms with Gasteiger partial charge in [0.25, 0.3) is 0 Å². The molecule has 2 heterocycles. The molecule has 1 amide bonds. The number of nitrogens with one attached hydrogen (secondary N) is 1. The Balaban J connectivity index is 1.73. The summed E-state index contributed by atoms with van der Waals surface area (Å²) in [5, 5.41) is 0. The highest BCUT2D eigenvalue weighted by molar-refractivity contribution is 7.89. The second-order valence-corrected chi connectivity index (χ2v) is 9.38. The molecule has 0 saturated heterocycles. The van der Waals surface area contributed by atoms with Crippen molar-refractivity contribution in [3.8, 4) is 0 Å². The first kappa shape index (κ1) is 19.6. The standard InChI is InChI=1S/C19H26N4O3S/c1-14-20-9-11-23(14)10-5-8-21-27(25,26)15-6-7-17-16(12-15)19(2,3)13-18(24)22(17)4/h6-7,9,11-12,21H,5,8,10,13H2,1-4H3.